The molecule has 0 unspecified atom stereocenters. The number of hydrogen-bond acceptors (Lipinski definition) is 8. The minimum atomic E-state index is -1.42. The Labute approximate surface area is 272 Å². The van der Waals surface area contributed by atoms with Gasteiger partial charge in [-0.3, -0.25) is 19.2 Å². The average Bonchev–Trinajstić information content (AvgIpc) is 3.62. The van der Waals surface area contributed by atoms with E-state index < -0.39 is 53.6 Å². The Morgan fingerprint density at radius 2 is 1.84 bits per heavy atom. The van der Waals surface area contributed by atoms with Crippen molar-refractivity contribution in [2.24, 2.45) is 11.8 Å². The Balaban J connectivity index is 1.59. The van der Waals surface area contributed by atoms with Gasteiger partial charge in [-0.15, -0.1) is 0 Å². The van der Waals surface area contributed by atoms with Gasteiger partial charge in [-0.1, -0.05) is 78.2 Å². The van der Waals surface area contributed by atoms with Crippen LogP contribution in [0.3, 0.4) is 0 Å². The number of carbonyl (C=O) groups is 4. The average molecular weight is 689 g/mol. The molecular weight excluding hydrogens is 646 g/mol. The maximum absolute atomic E-state index is 14.4. The monoisotopic (exact) mass is 687 g/mol. The van der Waals surface area contributed by atoms with E-state index >= 15 is 0 Å². The molecule has 2 N–H and O–H groups in total. The van der Waals surface area contributed by atoms with Crippen LogP contribution >= 0.6 is 15.9 Å². The second-order valence-corrected chi connectivity index (χ2v) is 12.9. The van der Waals surface area contributed by atoms with Gasteiger partial charge in [0.25, 0.3) is 0 Å². The number of nitrogens with one attached hydrogen (secondary N) is 1. The summed E-state index contributed by atoms with van der Waals surface area (Å²) in [6.45, 7) is 2.46. The topological polar surface area (TPSA) is 135 Å². The molecule has 4 aliphatic heterocycles. The molecule has 11 nitrogen and oxygen atoms in total. The number of amides is 3. The van der Waals surface area contributed by atoms with Gasteiger partial charge in [0.1, 0.15) is 29.8 Å². The Morgan fingerprint density at radius 3 is 2.56 bits per heavy atom. The lowest BCUT2D eigenvalue weighted by molar-refractivity contribution is -0.162. The number of fused-ring (bicyclic) bond motifs is 2. The molecule has 244 valence electrons. The summed E-state index contributed by atoms with van der Waals surface area (Å²) in [5.74, 6) is -3.77. The second-order valence-electron chi connectivity index (χ2n) is 12.0. The van der Waals surface area contributed by atoms with Gasteiger partial charge in [0.2, 0.25) is 17.7 Å². The predicted octanol–water partition coefficient (Wildman–Crippen LogP) is 2.64. The van der Waals surface area contributed by atoms with Crippen molar-refractivity contribution in [1.82, 2.24) is 15.1 Å². The third-order valence-electron chi connectivity index (χ3n) is 9.08. The molecule has 0 radical (unpaired) electrons. The van der Waals surface area contributed by atoms with Crippen LogP contribution < -0.4 is 5.32 Å². The van der Waals surface area contributed by atoms with Crippen molar-refractivity contribution in [3.63, 3.8) is 0 Å². The van der Waals surface area contributed by atoms with Crippen LogP contribution in [-0.4, -0.2) is 102 Å². The van der Waals surface area contributed by atoms with Crippen LogP contribution in [0.2, 0.25) is 0 Å². The minimum absolute atomic E-state index is 0.0719. The highest BCUT2D eigenvalue weighted by molar-refractivity contribution is 9.11. The molecule has 4 heterocycles. The number of methoxy groups -OCH3 is 1. The van der Waals surface area contributed by atoms with E-state index in [4.69, 9.17) is 14.2 Å². The first-order valence-electron chi connectivity index (χ1n) is 15.7. The largest absolute Gasteiger partial charge is 0.455 e. The standard InChI is InChI=1S/C33H42BrN3O8/c1-3-4-10-15-36-16-11-6-9-14-24(39)35-23(20-43-2)27(21-12-7-5-8-13-21)44-32(42)25-26-30(40)37(17-18-38)29(31(36)41)33(26)19-22(34)28(25)45-33/h5-8,11-13,19,23,25-29,38H,3-4,9-10,14-18,20H2,1-2H3,(H,35,39)/b11-6-/t23-,25+,26-,27-,28+,29+,33-/m0/s1. The maximum atomic E-state index is 14.4. The normalized spacial score (nSPS) is 32.8. The zero-order valence-corrected chi connectivity index (χ0v) is 27.3. The highest BCUT2D eigenvalue weighted by atomic mass is 79.9. The molecule has 7 atom stereocenters. The van der Waals surface area contributed by atoms with E-state index in [-0.39, 0.29) is 44.5 Å². The molecule has 1 spiro atoms. The van der Waals surface area contributed by atoms with Gasteiger partial charge >= 0.3 is 5.97 Å². The van der Waals surface area contributed by atoms with Gasteiger partial charge in [0.05, 0.1) is 25.2 Å². The third kappa shape index (κ3) is 6.47. The van der Waals surface area contributed by atoms with Gasteiger partial charge in [-0.2, -0.15) is 0 Å². The number of β-amino-alcohol motifs (C(OH)–C–C–N with tert-alkyl or cyclic N) is 1. The number of ether oxygens (including phenoxy) is 3. The van der Waals surface area contributed by atoms with Crippen LogP contribution in [0, 0.1) is 11.8 Å². The lowest BCUT2D eigenvalue weighted by atomic mass is 9.74. The fourth-order valence-electron chi connectivity index (χ4n) is 7.06. The summed E-state index contributed by atoms with van der Waals surface area (Å²) in [5.41, 5.74) is -0.769. The molecule has 12 heteroatoms. The number of unbranched alkanes of at least 4 members (excludes halogenated alkanes) is 2. The lowest BCUT2D eigenvalue weighted by Crippen LogP contribution is -2.56. The Hall–Kier alpha value is -3.06. The Morgan fingerprint density at radius 1 is 1.07 bits per heavy atom. The van der Waals surface area contributed by atoms with Crippen molar-refractivity contribution in [3.8, 4) is 0 Å². The zero-order chi connectivity index (χ0) is 32.1. The first-order chi connectivity index (χ1) is 21.8. The Bertz CT molecular complexity index is 1320. The van der Waals surface area contributed by atoms with Crippen LogP contribution in [0.5, 0.6) is 0 Å². The molecule has 1 aromatic rings. The number of allylic oxidation sites excluding steroid dienone is 1. The van der Waals surface area contributed by atoms with Crippen molar-refractivity contribution in [1.29, 1.82) is 0 Å². The molecule has 1 aromatic carbocycles. The van der Waals surface area contributed by atoms with Gasteiger partial charge in [0, 0.05) is 37.6 Å². The number of rotatable bonds is 9. The van der Waals surface area contributed by atoms with E-state index in [2.05, 4.69) is 28.2 Å². The lowest BCUT2D eigenvalue weighted by Gasteiger charge is -2.35. The fourth-order valence-corrected chi connectivity index (χ4v) is 7.79. The van der Waals surface area contributed by atoms with Crippen LogP contribution in [0.1, 0.15) is 50.7 Å². The number of carbonyl (C=O) groups excluding carboxylic acids is 4. The quantitative estimate of drug-likeness (QED) is 0.230. The molecule has 3 amide bonds. The summed E-state index contributed by atoms with van der Waals surface area (Å²) in [5, 5.41) is 13.0. The summed E-state index contributed by atoms with van der Waals surface area (Å²) in [7, 11) is 1.51. The summed E-state index contributed by atoms with van der Waals surface area (Å²) < 4.78 is 18.7. The number of likely N-dealkylation sites (tertiary alicyclic amines) is 1. The molecule has 0 aromatic heterocycles. The van der Waals surface area contributed by atoms with E-state index in [1.165, 1.54) is 12.0 Å². The van der Waals surface area contributed by atoms with E-state index in [1.54, 1.807) is 23.1 Å². The number of benzene rings is 1. The van der Waals surface area contributed by atoms with Crippen LogP contribution in [0.4, 0.5) is 0 Å². The molecule has 5 rings (SSSR count). The third-order valence-corrected chi connectivity index (χ3v) is 9.76. The van der Waals surface area contributed by atoms with Crippen molar-refractivity contribution < 1.29 is 38.5 Å². The van der Waals surface area contributed by atoms with Gasteiger partial charge in [-0.05, 0) is 24.5 Å². The zero-order valence-electron chi connectivity index (χ0n) is 25.7. The summed E-state index contributed by atoms with van der Waals surface area (Å²) in [4.78, 5) is 59.0. The Kier molecular flexibility index (Phi) is 10.8. The summed E-state index contributed by atoms with van der Waals surface area (Å²) in [6.07, 6.45) is 7.02. The minimum Gasteiger partial charge on any atom is -0.455 e. The summed E-state index contributed by atoms with van der Waals surface area (Å²) in [6, 6.07) is 7.29. The van der Waals surface area contributed by atoms with Crippen LogP contribution in [-0.2, 0) is 33.4 Å². The number of aliphatic hydroxyl groups is 1. The van der Waals surface area contributed by atoms with E-state index in [0.29, 0.717) is 23.0 Å². The number of halogens is 1. The highest BCUT2D eigenvalue weighted by Crippen LogP contribution is 2.59. The molecule has 5 bridgehead atoms. The van der Waals surface area contributed by atoms with E-state index in [9.17, 15) is 24.3 Å². The molecular formula is C33H42BrN3O8. The van der Waals surface area contributed by atoms with E-state index in [0.717, 1.165) is 19.3 Å². The highest BCUT2D eigenvalue weighted by Gasteiger charge is 2.75. The maximum Gasteiger partial charge on any atom is 0.313 e. The first-order valence-corrected chi connectivity index (χ1v) is 16.5. The van der Waals surface area contributed by atoms with Gasteiger partial charge < -0.3 is 34.4 Å². The second kappa shape index (κ2) is 14.6. The molecule has 0 aliphatic carbocycles. The molecule has 4 aliphatic rings. The predicted molar refractivity (Wildman–Crippen MR) is 168 cm³/mol. The molecule has 2 saturated heterocycles. The van der Waals surface area contributed by atoms with Gasteiger partial charge in [0.15, 0.2) is 0 Å². The van der Waals surface area contributed by atoms with Crippen molar-refractivity contribution in [3.05, 3.63) is 58.6 Å². The van der Waals surface area contributed by atoms with Crippen LogP contribution in [0.25, 0.3) is 0 Å². The van der Waals surface area contributed by atoms with Crippen molar-refractivity contribution in [2.45, 2.75) is 68.9 Å². The molecule has 45 heavy (non-hydrogen) atoms. The number of esters is 1. The summed E-state index contributed by atoms with van der Waals surface area (Å²) >= 11 is 3.56. The SMILES string of the molecule is CCCCCN1C/C=C\CCC(=O)N[C@@H](COC)[C@H](c2ccccc2)OC(=O)[C@H]2[C@@H]3O[C@@]4(C=C3Br)[C@@H]2C(=O)N(CCO)[C@@H]4C1=O. The number of hydrogen-bond donors (Lipinski definition) is 2. The fraction of sp³-hybridized carbons (Fsp3) is 0.576. The van der Waals surface area contributed by atoms with Crippen LogP contribution in [0.15, 0.2) is 53.0 Å². The van der Waals surface area contributed by atoms with Crippen molar-refractivity contribution >= 4 is 39.6 Å². The smallest absolute Gasteiger partial charge is 0.313 e. The number of aliphatic hydroxyl groups excluding tert-OH is 1. The number of nitrogens with zero attached hydrogens (tertiary/aromatic N) is 2. The molecule has 2 fully saturated rings. The van der Waals surface area contributed by atoms with Gasteiger partial charge in [-0.25, -0.2) is 0 Å². The number of cyclic esters (lactones) is 1. The molecule has 0 saturated carbocycles. The first kappa shape index (κ1) is 33.3. The van der Waals surface area contributed by atoms with E-state index in [1.807, 2.05) is 30.4 Å². The van der Waals surface area contributed by atoms with Crippen molar-refractivity contribution in [2.75, 3.05) is 40.0 Å².